The Hall–Kier alpha value is -1.82. The van der Waals surface area contributed by atoms with Gasteiger partial charge < -0.3 is 20.3 Å². The molecule has 2 N–H and O–H groups in total. The number of nitrogens with zero attached hydrogens (tertiary/aromatic N) is 2. The minimum absolute atomic E-state index is 0.0937. The standard InChI is InChI=1S/C16H24N4O2/c1-12-8-14(12)11-19-16(21)18-10-13-2-3-17-15(9-13)20-4-6-22-7-5-20/h2-3,9,12,14H,4-8,10-11H2,1H3,(H2,18,19,21)/t12-,14-/m0/s1. The van der Waals surface area contributed by atoms with Crippen LogP contribution in [0.1, 0.15) is 18.9 Å². The summed E-state index contributed by atoms with van der Waals surface area (Å²) >= 11 is 0. The fourth-order valence-corrected chi connectivity index (χ4v) is 2.69. The predicted octanol–water partition coefficient (Wildman–Crippen LogP) is 1.37. The number of amides is 2. The van der Waals surface area contributed by atoms with Crippen molar-refractivity contribution in [1.82, 2.24) is 15.6 Å². The molecule has 1 saturated heterocycles. The Labute approximate surface area is 131 Å². The van der Waals surface area contributed by atoms with Gasteiger partial charge in [0, 0.05) is 32.4 Å². The van der Waals surface area contributed by atoms with Gasteiger partial charge in [-0.15, -0.1) is 0 Å². The zero-order valence-electron chi connectivity index (χ0n) is 13.0. The highest BCUT2D eigenvalue weighted by Crippen LogP contribution is 2.36. The third-order valence-electron chi connectivity index (χ3n) is 4.40. The molecule has 0 bridgehead atoms. The highest BCUT2D eigenvalue weighted by Gasteiger charge is 2.32. The third-order valence-corrected chi connectivity index (χ3v) is 4.40. The van der Waals surface area contributed by atoms with E-state index < -0.39 is 0 Å². The number of nitrogens with one attached hydrogen (secondary N) is 2. The van der Waals surface area contributed by atoms with Crippen molar-refractivity contribution in [1.29, 1.82) is 0 Å². The maximum absolute atomic E-state index is 11.8. The van der Waals surface area contributed by atoms with Gasteiger partial charge in [-0.05, 0) is 36.0 Å². The monoisotopic (exact) mass is 304 g/mol. The largest absolute Gasteiger partial charge is 0.378 e. The van der Waals surface area contributed by atoms with Crippen LogP contribution in [0.3, 0.4) is 0 Å². The number of pyridine rings is 1. The molecule has 2 amide bonds. The number of ether oxygens (including phenoxy) is 1. The van der Waals surface area contributed by atoms with E-state index in [4.69, 9.17) is 4.74 Å². The van der Waals surface area contributed by atoms with Crippen LogP contribution in [0, 0.1) is 11.8 Å². The second kappa shape index (κ2) is 6.96. The van der Waals surface area contributed by atoms with E-state index in [9.17, 15) is 4.79 Å². The fraction of sp³-hybridized carbons (Fsp3) is 0.625. The number of urea groups is 1. The second-order valence-corrected chi connectivity index (χ2v) is 6.16. The summed E-state index contributed by atoms with van der Waals surface area (Å²) < 4.78 is 5.35. The highest BCUT2D eigenvalue weighted by molar-refractivity contribution is 5.73. The van der Waals surface area contributed by atoms with E-state index in [0.717, 1.165) is 50.1 Å². The molecule has 0 spiro atoms. The van der Waals surface area contributed by atoms with E-state index in [1.807, 2.05) is 12.1 Å². The van der Waals surface area contributed by atoms with Crippen LogP contribution in [-0.4, -0.2) is 43.9 Å². The highest BCUT2D eigenvalue weighted by atomic mass is 16.5. The Morgan fingerprint density at radius 2 is 2.18 bits per heavy atom. The van der Waals surface area contributed by atoms with Gasteiger partial charge in [0.2, 0.25) is 0 Å². The van der Waals surface area contributed by atoms with Crippen LogP contribution in [0.2, 0.25) is 0 Å². The first-order valence-corrected chi connectivity index (χ1v) is 8.01. The number of rotatable bonds is 5. The van der Waals surface area contributed by atoms with Crippen molar-refractivity contribution >= 4 is 11.8 Å². The molecule has 1 aromatic heterocycles. The molecule has 0 unspecified atom stereocenters. The molecule has 0 radical (unpaired) electrons. The van der Waals surface area contributed by atoms with Gasteiger partial charge in [-0.2, -0.15) is 0 Å². The smallest absolute Gasteiger partial charge is 0.315 e. The lowest BCUT2D eigenvalue weighted by molar-refractivity contribution is 0.122. The van der Waals surface area contributed by atoms with Crippen LogP contribution in [0.5, 0.6) is 0 Å². The molecule has 22 heavy (non-hydrogen) atoms. The molecule has 120 valence electrons. The van der Waals surface area contributed by atoms with Crippen LogP contribution in [0.15, 0.2) is 18.3 Å². The lowest BCUT2D eigenvalue weighted by Gasteiger charge is -2.28. The van der Waals surface area contributed by atoms with Crippen LogP contribution in [0.4, 0.5) is 10.6 Å². The summed E-state index contributed by atoms with van der Waals surface area (Å²) in [5.41, 5.74) is 1.06. The van der Waals surface area contributed by atoms with Crippen molar-refractivity contribution in [2.24, 2.45) is 11.8 Å². The molecular weight excluding hydrogens is 280 g/mol. The molecule has 6 nitrogen and oxygen atoms in total. The number of anilines is 1. The topological polar surface area (TPSA) is 66.5 Å². The van der Waals surface area contributed by atoms with Crippen molar-refractivity contribution in [2.75, 3.05) is 37.7 Å². The summed E-state index contributed by atoms with van der Waals surface area (Å²) in [6.45, 7) is 6.73. The van der Waals surface area contributed by atoms with Crippen LogP contribution >= 0.6 is 0 Å². The fourth-order valence-electron chi connectivity index (χ4n) is 2.69. The van der Waals surface area contributed by atoms with E-state index in [1.165, 1.54) is 6.42 Å². The Kier molecular flexibility index (Phi) is 4.77. The molecule has 3 rings (SSSR count). The molecule has 6 heteroatoms. The van der Waals surface area contributed by atoms with Crippen molar-refractivity contribution < 1.29 is 9.53 Å². The number of carbonyl (C=O) groups is 1. The average Bonchev–Trinajstić information content (AvgIpc) is 3.27. The Morgan fingerprint density at radius 3 is 2.91 bits per heavy atom. The van der Waals surface area contributed by atoms with Crippen molar-refractivity contribution in [3.63, 3.8) is 0 Å². The van der Waals surface area contributed by atoms with Gasteiger partial charge in [-0.3, -0.25) is 0 Å². The number of hydrogen-bond donors (Lipinski definition) is 2. The summed E-state index contributed by atoms with van der Waals surface area (Å²) in [4.78, 5) is 18.4. The van der Waals surface area contributed by atoms with Gasteiger partial charge in [0.15, 0.2) is 0 Å². The Balaban J connectivity index is 1.46. The summed E-state index contributed by atoms with van der Waals surface area (Å²) in [5.74, 6) is 2.38. The van der Waals surface area contributed by atoms with Gasteiger partial charge in [0.05, 0.1) is 13.2 Å². The lowest BCUT2D eigenvalue weighted by Crippen LogP contribution is -2.37. The van der Waals surface area contributed by atoms with Gasteiger partial charge in [-0.1, -0.05) is 6.92 Å². The van der Waals surface area contributed by atoms with E-state index >= 15 is 0 Å². The number of morpholine rings is 1. The van der Waals surface area contributed by atoms with Gasteiger partial charge in [-0.25, -0.2) is 9.78 Å². The minimum Gasteiger partial charge on any atom is -0.378 e. The number of aromatic nitrogens is 1. The third kappa shape index (κ3) is 4.10. The molecule has 0 aromatic carbocycles. The van der Waals surface area contributed by atoms with Crippen LogP contribution in [0.25, 0.3) is 0 Å². The van der Waals surface area contributed by atoms with Gasteiger partial charge in [0.25, 0.3) is 0 Å². The molecule has 1 aliphatic heterocycles. The first-order valence-electron chi connectivity index (χ1n) is 8.01. The van der Waals surface area contributed by atoms with Crippen molar-refractivity contribution in [3.8, 4) is 0 Å². The zero-order chi connectivity index (χ0) is 15.4. The molecule has 2 aliphatic rings. The number of hydrogen-bond acceptors (Lipinski definition) is 4. The van der Waals surface area contributed by atoms with Gasteiger partial charge in [0.1, 0.15) is 5.82 Å². The maximum atomic E-state index is 11.8. The second-order valence-electron chi connectivity index (χ2n) is 6.16. The normalized spacial score (nSPS) is 24.0. The number of carbonyl (C=O) groups excluding carboxylic acids is 1. The molecule has 1 saturated carbocycles. The molecule has 2 atom stereocenters. The first-order chi connectivity index (χ1) is 10.7. The minimum atomic E-state index is -0.0937. The van der Waals surface area contributed by atoms with Crippen LogP contribution in [-0.2, 0) is 11.3 Å². The molecule has 1 aliphatic carbocycles. The quantitative estimate of drug-likeness (QED) is 0.862. The molecule has 1 aromatic rings. The zero-order valence-corrected chi connectivity index (χ0v) is 13.0. The SMILES string of the molecule is C[C@H]1C[C@H]1CNC(=O)NCc1ccnc(N2CCOCC2)c1. The Bertz CT molecular complexity index is 517. The summed E-state index contributed by atoms with van der Waals surface area (Å²) in [6, 6.07) is 3.88. The van der Waals surface area contributed by atoms with Crippen molar-refractivity contribution in [3.05, 3.63) is 23.9 Å². The van der Waals surface area contributed by atoms with E-state index in [-0.39, 0.29) is 6.03 Å². The summed E-state index contributed by atoms with van der Waals surface area (Å²) in [6.07, 6.45) is 3.03. The summed E-state index contributed by atoms with van der Waals surface area (Å²) in [5, 5.41) is 5.84. The molecule has 2 heterocycles. The Morgan fingerprint density at radius 1 is 1.41 bits per heavy atom. The van der Waals surface area contributed by atoms with E-state index in [1.54, 1.807) is 6.20 Å². The van der Waals surface area contributed by atoms with E-state index in [0.29, 0.717) is 12.5 Å². The van der Waals surface area contributed by atoms with Gasteiger partial charge >= 0.3 is 6.03 Å². The van der Waals surface area contributed by atoms with Crippen LogP contribution < -0.4 is 15.5 Å². The molecular formula is C16H24N4O2. The van der Waals surface area contributed by atoms with E-state index in [2.05, 4.69) is 27.4 Å². The lowest BCUT2D eigenvalue weighted by atomic mass is 10.2. The maximum Gasteiger partial charge on any atom is 0.315 e. The predicted molar refractivity (Wildman–Crippen MR) is 84.8 cm³/mol. The summed E-state index contributed by atoms with van der Waals surface area (Å²) in [7, 11) is 0. The average molecular weight is 304 g/mol. The molecule has 2 fully saturated rings. The van der Waals surface area contributed by atoms with Crippen molar-refractivity contribution in [2.45, 2.75) is 19.9 Å². The first kappa shape index (κ1) is 15.1.